The number of methoxy groups -OCH3 is 1. The molecule has 106 valence electrons. The number of ether oxygens (including phenoxy) is 2. The lowest BCUT2D eigenvalue weighted by Gasteiger charge is -2.22. The molecule has 6 nitrogen and oxygen atoms in total. The Morgan fingerprint density at radius 1 is 1.47 bits per heavy atom. The van der Waals surface area contributed by atoms with Gasteiger partial charge in [0.15, 0.2) is 0 Å². The van der Waals surface area contributed by atoms with E-state index in [1.807, 2.05) is 13.8 Å². The van der Waals surface area contributed by atoms with Crippen LogP contribution in [0.25, 0.3) is 0 Å². The van der Waals surface area contributed by atoms with Crippen molar-refractivity contribution in [3.05, 3.63) is 16.1 Å². The van der Waals surface area contributed by atoms with E-state index in [1.54, 1.807) is 14.0 Å². The predicted octanol–water partition coefficient (Wildman–Crippen LogP) is 1.47. The van der Waals surface area contributed by atoms with Crippen LogP contribution in [0.1, 0.15) is 41.1 Å². The van der Waals surface area contributed by atoms with Crippen LogP contribution in [0.15, 0.2) is 5.38 Å². The molecule has 0 radical (unpaired) electrons. The van der Waals surface area contributed by atoms with Crippen molar-refractivity contribution in [2.45, 2.75) is 26.4 Å². The molecule has 7 heteroatoms. The van der Waals surface area contributed by atoms with Crippen LogP contribution in [-0.2, 0) is 9.47 Å². The van der Waals surface area contributed by atoms with Crippen molar-refractivity contribution in [3.63, 3.8) is 0 Å². The van der Waals surface area contributed by atoms with E-state index in [0.29, 0.717) is 6.54 Å². The molecule has 19 heavy (non-hydrogen) atoms. The van der Waals surface area contributed by atoms with Gasteiger partial charge < -0.3 is 14.8 Å². The summed E-state index contributed by atoms with van der Waals surface area (Å²) >= 11 is 1.09. The first-order valence-electron chi connectivity index (χ1n) is 5.85. The second kappa shape index (κ2) is 6.63. The van der Waals surface area contributed by atoms with Crippen molar-refractivity contribution in [1.29, 1.82) is 0 Å². The summed E-state index contributed by atoms with van der Waals surface area (Å²) in [5.74, 6) is -0.847. The van der Waals surface area contributed by atoms with Gasteiger partial charge in [0.05, 0.1) is 12.2 Å². The van der Waals surface area contributed by atoms with Gasteiger partial charge in [0.1, 0.15) is 5.69 Å². The Labute approximate surface area is 116 Å². The lowest BCUT2D eigenvalue weighted by atomic mass is 10.1. The van der Waals surface area contributed by atoms with E-state index in [4.69, 9.17) is 9.47 Å². The van der Waals surface area contributed by atoms with E-state index in [2.05, 4.69) is 10.3 Å². The summed E-state index contributed by atoms with van der Waals surface area (Å²) < 4.78 is 10.0. The number of amides is 1. The minimum Gasteiger partial charge on any atom is -0.461 e. The molecule has 0 atom stereocenters. The third kappa shape index (κ3) is 4.60. The van der Waals surface area contributed by atoms with Crippen LogP contribution in [0.3, 0.4) is 0 Å². The van der Waals surface area contributed by atoms with Crippen molar-refractivity contribution in [2.24, 2.45) is 0 Å². The van der Waals surface area contributed by atoms with Gasteiger partial charge in [-0.25, -0.2) is 9.78 Å². The molecule has 0 saturated heterocycles. The first kappa shape index (κ1) is 15.6. The standard InChI is InChI=1S/C12H18N2O4S/c1-5-18-11(16)10-14-8(6-19-10)9(15)13-7-12(2,3)17-4/h6H,5,7H2,1-4H3,(H,13,15). The number of nitrogens with one attached hydrogen (secondary N) is 1. The van der Waals surface area contributed by atoms with Gasteiger partial charge in [-0.15, -0.1) is 11.3 Å². The van der Waals surface area contributed by atoms with Crippen LogP contribution in [0.2, 0.25) is 0 Å². The molecule has 1 rings (SSSR count). The molecule has 0 aliphatic carbocycles. The van der Waals surface area contributed by atoms with Crippen LogP contribution < -0.4 is 5.32 Å². The van der Waals surface area contributed by atoms with Gasteiger partial charge >= 0.3 is 5.97 Å². The Balaban J connectivity index is 2.61. The van der Waals surface area contributed by atoms with Crippen LogP contribution in [0.5, 0.6) is 0 Å². The maximum atomic E-state index is 11.8. The van der Waals surface area contributed by atoms with Gasteiger partial charge in [0.25, 0.3) is 5.91 Å². The minimum absolute atomic E-state index is 0.179. The monoisotopic (exact) mass is 286 g/mol. The van der Waals surface area contributed by atoms with Gasteiger partial charge in [0, 0.05) is 19.0 Å². The van der Waals surface area contributed by atoms with Gasteiger partial charge in [-0.2, -0.15) is 0 Å². The van der Waals surface area contributed by atoms with Crippen molar-refractivity contribution in [3.8, 4) is 0 Å². The zero-order valence-electron chi connectivity index (χ0n) is 11.5. The largest absolute Gasteiger partial charge is 0.461 e. The van der Waals surface area contributed by atoms with E-state index in [9.17, 15) is 9.59 Å². The highest BCUT2D eigenvalue weighted by Crippen LogP contribution is 2.12. The molecule has 0 aromatic carbocycles. The SMILES string of the molecule is CCOC(=O)c1nc(C(=O)NCC(C)(C)OC)cs1. The molecule has 0 unspecified atom stereocenters. The fraction of sp³-hybridized carbons (Fsp3) is 0.583. The summed E-state index contributed by atoms with van der Waals surface area (Å²) in [6.45, 7) is 6.07. The molecule has 1 N–H and O–H groups in total. The van der Waals surface area contributed by atoms with Crippen LogP contribution >= 0.6 is 11.3 Å². The number of hydrogen-bond acceptors (Lipinski definition) is 6. The molecule has 1 heterocycles. The molecule has 0 bridgehead atoms. The molecule has 1 amide bonds. The topological polar surface area (TPSA) is 77.5 Å². The second-order valence-corrected chi connectivity index (χ2v) is 5.26. The number of carbonyl (C=O) groups excluding carboxylic acids is 2. The van der Waals surface area contributed by atoms with Crippen molar-refractivity contribution < 1.29 is 19.1 Å². The van der Waals surface area contributed by atoms with Gasteiger partial charge in [-0.05, 0) is 20.8 Å². The maximum absolute atomic E-state index is 11.8. The number of carbonyl (C=O) groups is 2. The summed E-state index contributed by atoms with van der Waals surface area (Å²) in [6.07, 6.45) is 0. The normalized spacial score (nSPS) is 11.2. The Bertz CT molecular complexity index is 456. The lowest BCUT2D eigenvalue weighted by Crippen LogP contribution is -2.39. The number of hydrogen-bond donors (Lipinski definition) is 1. The highest BCUT2D eigenvalue weighted by molar-refractivity contribution is 7.11. The quantitative estimate of drug-likeness (QED) is 0.801. The summed E-state index contributed by atoms with van der Waals surface area (Å²) in [5.41, 5.74) is -0.240. The molecule has 0 aliphatic heterocycles. The molecule has 0 saturated carbocycles. The highest BCUT2D eigenvalue weighted by Gasteiger charge is 2.20. The lowest BCUT2D eigenvalue weighted by molar-refractivity contribution is 0.0228. The average molecular weight is 286 g/mol. The molecular weight excluding hydrogens is 268 g/mol. The van der Waals surface area contributed by atoms with Crippen LogP contribution in [-0.4, -0.2) is 42.7 Å². The molecule has 0 fully saturated rings. The van der Waals surface area contributed by atoms with E-state index >= 15 is 0 Å². The number of rotatable bonds is 6. The van der Waals surface area contributed by atoms with Gasteiger partial charge in [-0.3, -0.25) is 4.79 Å². The number of aromatic nitrogens is 1. The van der Waals surface area contributed by atoms with Crippen LogP contribution in [0.4, 0.5) is 0 Å². The summed E-state index contributed by atoms with van der Waals surface area (Å²) in [7, 11) is 1.58. The van der Waals surface area contributed by atoms with Crippen molar-refractivity contribution in [1.82, 2.24) is 10.3 Å². The zero-order chi connectivity index (χ0) is 14.5. The fourth-order valence-corrected chi connectivity index (χ4v) is 1.81. The van der Waals surface area contributed by atoms with Crippen molar-refractivity contribution in [2.75, 3.05) is 20.3 Å². The highest BCUT2D eigenvalue weighted by atomic mass is 32.1. The van der Waals surface area contributed by atoms with E-state index in [-0.39, 0.29) is 23.2 Å². The summed E-state index contributed by atoms with van der Waals surface area (Å²) in [4.78, 5) is 27.2. The van der Waals surface area contributed by atoms with E-state index in [0.717, 1.165) is 11.3 Å². The number of thiazole rings is 1. The summed E-state index contributed by atoms with van der Waals surface area (Å²) in [6, 6.07) is 0. The molecule has 0 aliphatic rings. The third-order valence-electron chi connectivity index (χ3n) is 2.41. The molecule has 0 spiro atoms. The first-order chi connectivity index (χ1) is 8.89. The Hall–Kier alpha value is -1.47. The average Bonchev–Trinajstić information content (AvgIpc) is 2.86. The second-order valence-electron chi connectivity index (χ2n) is 4.40. The number of esters is 1. The zero-order valence-corrected chi connectivity index (χ0v) is 12.3. The molecular formula is C12H18N2O4S. The van der Waals surface area contributed by atoms with Gasteiger partial charge in [0.2, 0.25) is 5.01 Å². The van der Waals surface area contributed by atoms with Crippen LogP contribution in [0, 0.1) is 0 Å². The Morgan fingerprint density at radius 3 is 2.74 bits per heavy atom. The Kier molecular flexibility index (Phi) is 5.44. The summed E-state index contributed by atoms with van der Waals surface area (Å²) in [5, 5.41) is 4.41. The van der Waals surface area contributed by atoms with E-state index < -0.39 is 11.6 Å². The predicted molar refractivity (Wildman–Crippen MR) is 71.5 cm³/mol. The molecule has 1 aromatic rings. The Morgan fingerprint density at radius 2 is 2.16 bits per heavy atom. The first-order valence-corrected chi connectivity index (χ1v) is 6.73. The molecule has 1 aromatic heterocycles. The maximum Gasteiger partial charge on any atom is 0.367 e. The number of nitrogens with zero attached hydrogens (tertiary/aromatic N) is 1. The third-order valence-corrected chi connectivity index (χ3v) is 3.24. The minimum atomic E-state index is -0.510. The smallest absolute Gasteiger partial charge is 0.367 e. The fourth-order valence-electron chi connectivity index (χ4n) is 1.12. The van der Waals surface area contributed by atoms with Crippen molar-refractivity contribution >= 4 is 23.2 Å². The van der Waals surface area contributed by atoms with E-state index in [1.165, 1.54) is 5.38 Å². The van der Waals surface area contributed by atoms with Gasteiger partial charge in [-0.1, -0.05) is 0 Å².